The zero-order chi connectivity index (χ0) is 13.8. The van der Waals surface area contributed by atoms with Crippen LogP contribution in [0, 0.1) is 0 Å². The van der Waals surface area contributed by atoms with Gasteiger partial charge in [-0.15, -0.1) is 0 Å². The molecule has 19 heavy (non-hydrogen) atoms. The molecule has 1 aliphatic rings. The van der Waals surface area contributed by atoms with Crippen molar-refractivity contribution in [1.29, 1.82) is 0 Å². The molecule has 1 unspecified atom stereocenters. The Morgan fingerprint density at radius 2 is 2.26 bits per heavy atom. The summed E-state index contributed by atoms with van der Waals surface area (Å²) in [5, 5.41) is 6.35. The van der Waals surface area contributed by atoms with Crippen LogP contribution in [0.2, 0.25) is 5.02 Å². The molecule has 1 aromatic rings. The first kappa shape index (κ1) is 13.8. The average molecular weight is 282 g/mol. The third kappa shape index (κ3) is 3.68. The lowest BCUT2D eigenvalue weighted by Gasteiger charge is -2.12. The van der Waals surface area contributed by atoms with Gasteiger partial charge in [-0.1, -0.05) is 11.6 Å². The van der Waals surface area contributed by atoms with Crippen molar-refractivity contribution >= 4 is 29.1 Å². The van der Waals surface area contributed by atoms with E-state index in [-0.39, 0.29) is 11.9 Å². The van der Waals surface area contributed by atoms with Crippen molar-refractivity contribution < 1.29 is 9.59 Å². The van der Waals surface area contributed by atoms with Crippen LogP contribution >= 0.6 is 11.6 Å². The second-order valence-electron chi connectivity index (χ2n) is 4.60. The number of nitrogens with one attached hydrogen (secondary N) is 2. The fourth-order valence-corrected chi connectivity index (χ4v) is 2.30. The number of rotatable bonds is 4. The third-order valence-corrected chi connectivity index (χ3v) is 3.45. The molecule has 0 aliphatic carbocycles. The number of primary amides is 1. The van der Waals surface area contributed by atoms with Gasteiger partial charge < -0.3 is 16.4 Å². The van der Waals surface area contributed by atoms with Crippen LogP contribution in [0.3, 0.4) is 0 Å². The van der Waals surface area contributed by atoms with E-state index in [2.05, 4.69) is 10.6 Å². The molecule has 1 fully saturated rings. The van der Waals surface area contributed by atoms with Crippen LogP contribution in [-0.2, 0) is 4.79 Å². The van der Waals surface area contributed by atoms with Crippen LogP contribution in [-0.4, -0.2) is 24.4 Å². The summed E-state index contributed by atoms with van der Waals surface area (Å²) < 4.78 is 0. The molecule has 1 aromatic carbocycles. The number of anilines is 1. The number of amides is 2. The van der Waals surface area contributed by atoms with Gasteiger partial charge in [-0.25, -0.2) is 0 Å². The molecular weight excluding hydrogens is 266 g/mol. The first-order valence-electron chi connectivity index (χ1n) is 6.19. The number of benzene rings is 1. The first-order chi connectivity index (χ1) is 9.06. The zero-order valence-corrected chi connectivity index (χ0v) is 11.2. The van der Waals surface area contributed by atoms with Crippen LogP contribution in [0.1, 0.15) is 29.6 Å². The summed E-state index contributed by atoms with van der Waals surface area (Å²) >= 11 is 5.98. The van der Waals surface area contributed by atoms with Crippen LogP contribution in [0.25, 0.3) is 0 Å². The Morgan fingerprint density at radius 1 is 1.47 bits per heavy atom. The van der Waals surface area contributed by atoms with Gasteiger partial charge in [0.05, 0.1) is 10.7 Å². The first-order valence-corrected chi connectivity index (χ1v) is 6.56. The van der Waals surface area contributed by atoms with E-state index in [1.807, 2.05) is 0 Å². The molecule has 1 aliphatic heterocycles. The highest BCUT2D eigenvalue weighted by Crippen LogP contribution is 2.23. The Balaban J connectivity index is 2.02. The summed E-state index contributed by atoms with van der Waals surface area (Å²) in [6.45, 7) is 0.954. The molecule has 0 spiro atoms. The molecule has 6 heteroatoms. The molecule has 1 heterocycles. The topological polar surface area (TPSA) is 84.2 Å². The van der Waals surface area contributed by atoms with Crippen LogP contribution in [0.15, 0.2) is 18.2 Å². The molecular formula is C13H16ClN3O2. The Labute approximate surface area is 116 Å². The summed E-state index contributed by atoms with van der Waals surface area (Å²) in [4.78, 5) is 23.0. The van der Waals surface area contributed by atoms with Gasteiger partial charge in [-0.2, -0.15) is 0 Å². The molecule has 102 valence electrons. The molecule has 0 saturated carbocycles. The maximum Gasteiger partial charge on any atom is 0.248 e. The highest BCUT2D eigenvalue weighted by Gasteiger charge is 2.18. The average Bonchev–Trinajstić information content (AvgIpc) is 2.84. The molecule has 2 amide bonds. The number of halogens is 1. The minimum atomic E-state index is -0.551. The van der Waals surface area contributed by atoms with Gasteiger partial charge >= 0.3 is 0 Å². The summed E-state index contributed by atoms with van der Waals surface area (Å²) in [5.74, 6) is -0.674. The van der Waals surface area contributed by atoms with Gasteiger partial charge in [0, 0.05) is 18.0 Å². The molecule has 0 aromatic heterocycles. The highest BCUT2D eigenvalue weighted by molar-refractivity contribution is 6.33. The van der Waals surface area contributed by atoms with Crippen molar-refractivity contribution in [2.45, 2.75) is 25.3 Å². The quantitative estimate of drug-likeness (QED) is 0.782. The minimum Gasteiger partial charge on any atom is -0.366 e. The van der Waals surface area contributed by atoms with Gasteiger partial charge in [0.1, 0.15) is 0 Å². The zero-order valence-electron chi connectivity index (χ0n) is 10.4. The van der Waals surface area contributed by atoms with E-state index in [1.165, 1.54) is 12.1 Å². The van der Waals surface area contributed by atoms with Gasteiger partial charge in [-0.3, -0.25) is 9.59 Å². The normalized spacial score (nSPS) is 18.3. The van der Waals surface area contributed by atoms with E-state index < -0.39 is 5.91 Å². The molecule has 1 saturated heterocycles. The molecule has 2 rings (SSSR count). The second kappa shape index (κ2) is 6.04. The van der Waals surface area contributed by atoms with Crippen molar-refractivity contribution in [3.8, 4) is 0 Å². The van der Waals surface area contributed by atoms with E-state index in [9.17, 15) is 9.59 Å². The highest BCUT2D eigenvalue weighted by atomic mass is 35.5. The third-order valence-electron chi connectivity index (χ3n) is 3.12. The Hall–Kier alpha value is -1.59. The van der Waals surface area contributed by atoms with Crippen molar-refractivity contribution in [3.63, 3.8) is 0 Å². The predicted octanol–water partition coefficient (Wildman–Crippen LogP) is 1.52. The van der Waals surface area contributed by atoms with E-state index in [4.69, 9.17) is 17.3 Å². The van der Waals surface area contributed by atoms with E-state index in [0.29, 0.717) is 22.7 Å². The Morgan fingerprint density at radius 3 is 2.89 bits per heavy atom. The molecule has 4 N–H and O–H groups in total. The predicted molar refractivity (Wildman–Crippen MR) is 74.2 cm³/mol. The van der Waals surface area contributed by atoms with E-state index >= 15 is 0 Å². The van der Waals surface area contributed by atoms with Gasteiger partial charge in [0.15, 0.2) is 0 Å². The summed E-state index contributed by atoms with van der Waals surface area (Å²) in [6.07, 6.45) is 2.50. The van der Waals surface area contributed by atoms with Crippen LogP contribution < -0.4 is 16.4 Å². The lowest BCUT2D eigenvalue weighted by atomic mass is 10.1. The fourth-order valence-electron chi connectivity index (χ4n) is 2.13. The number of carbonyl (C=O) groups is 2. The molecule has 0 radical (unpaired) electrons. The molecule has 5 nitrogen and oxygen atoms in total. The molecule has 0 bridgehead atoms. The smallest absolute Gasteiger partial charge is 0.248 e. The summed E-state index contributed by atoms with van der Waals surface area (Å²) in [6, 6.07) is 4.78. The van der Waals surface area contributed by atoms with Crippen molar-refractivity contribution in [3.05, 3.63) is 28.8 Å². The summed E-state index contributed by atoms with van der Waals surface area (Å²) in [7, 11) is 0. The second-order valence-corrected chi connectivity index (χ2v) is 5.01. The Kier molecular flexibility index (Phi) is 4.39. The lowest BCUT2D eigenvalue weighted by Crippen LogP contribution is -2.27. The number of carbonyl (C=O) groups excluding carboxylic acids is 2. The SMILES string of the molecule is NC(=O)c1ccc(Cl)c(NC(=O)CC2CCCN2)c1. The van der Waals surface area contributed by atoms with Crippen molar-refractivity contribution in [2.24, 2.45) is 5.73 Å². The van der Waals surface area contributed by atoms with Gasteiger partial charge in [0.2, 0.25) is 11.8 Å². The van der Waals surface area contributed by atoms with Crippen LogP contribution in [0.4, 0.5) is 5.69 Å². The standard InChI is InChI=1S/C13H16ClN3O2/c14-10-4-3-8(13(15)19)6-11(10)17-12(18)7-9-2-1-5-16-9/h3-4,6,9,16H,1-2,5,7H2,(H2,15,19)(H,17,18). The Bertz CT molecular complexity index is 499. The summed E-state index contributed by atoms with van der Waals surface area (Å²) in [5.41, 5.74) is 5.93. The molecule has 1 atom stereocenters. The number of hydrogen-bond donors (Lipinski definition) is 3. The van der Waals surface area contributed by atoms with Crippen molar-refractivity contribution in [1.82, 2.24) is 5.32 Å². The maximum absolute atomic E-state index is 11.9. The largest absolute Gasteiger partial charge is 0.366 e. The number of nitrogens with two attached hydrogens (primary N) is 1. The van der Waals surface area contributed by atoms with Crippen LogP contribution in [0.5, 0.6) is 0 Å². The van der Waals surface area contributed by atoms with Gasteiger partial charge in [0.25, 0.3) is 0 Å². The van der Waals surface area contributed by atoms with Gasteiger partial charge in [-0.05, 0) is 37.6 Å². The minimum absolute atomic E-state index is 0.122. The fraction of sp³-hybridized carbons (Fsp3) is 0.385. The van der Waals surface area contributed by atoms with Crippen molar-refractivity contribution in [2.75, 3.05) is 11.9 Å². The van der Waals surface area contributed by atoms with E-state index in [0.717, 1.165) is 19.4 Å². The van der Waals surface area contributed by atoms with E-state index in [1.54, 1.807) is 6.07 Å². The number of hydrogen-bond acceptors (Lipinski definition) is 3. The maximum atomic E-state index is 11.9. The lowest BCUT2D eigenvalue weighted by molar-refractivity contribution is -0.116. The monoisotopic (exact) mass is 281 g/mol.